The van der Waals surface area contributed by atoms with Gasteiger partial charge in [0, 0.05) is 19.2 Å². The van der Waals surface area contributed by atoms with E-state index in [0.717, 1.165) is 30.4 Å². The first kappa shape index (κ1) is 27.0. The van der Waals surface area contributed by atoms with Gasteiger partial charge in [-0.25, -0.2) is 14.8 Å². The first-order valence-corrected chi connectivity index (χ1v) is 12.9. The molecule has 1 atom stereocenters. The largest absolute Gasteiger partial charge is 0.444 e. The van der Waals surface area contributed by atoms with Crippen molar-refractivity contribution in [3.05, 3.63) is 41.2 Å². The summed E-state index contributed by atoms with van der Waals surface area (Å²) in [6.07, 6.45) is 6.42. The molecule has 0 radical (unpaired) electrons. The summed E-state index contributed by atoms with van der Waals surface area (Å²) in [5.41, 5.74) is 2.18. The third-order valence-electron chi connectivity index (χ3n) is 6.43. The number of amides is 4. The van der Waals surface area contributed by atoms with Crippen molar-refractivity contribution in [1.82, 2.24) is 14.9 Å². The molecule has 1 fully saturated rings. The number of carbonyl (C=O) groups is 4. The van der Waals surface area contributed by atoms with Crippen LogP contribution >= 0.6 is 0 Å². The van der Waals surface area contributed by atoms with Gasteiger partial charge >= 0.3 is 17.9 Å². The highest BCUT2D eigenvalue weighted by Gasteiger charge is 2.33. The van der Waals surface area contributed by atoms with Gasteiger partial charge in [0.15, 0.2) is 0 Å². The van der Waals surface area contributed by atoms with Gasteiger partial charge in [-0.15, -0.1) is 0 Å². The van der Waals surface area contributed by atoms with Gasteiger partial charge in [-0.2, -0.15) is 0 Å². The lowest BCUT2D eigenvalue weighted by molar-refractivity contribution is -0.145. The summed E-state index contributed by atoms with van der Waals surface area (Å²) in [4.78, 5) is 60.3. The number of carbonyl (C=O) groups excluding carboxylic acids is 4. The summed E-state index contributed by atoms with van der Waals surface area (Å²) in [6, 6.07) is 3.38. The molecule has 0 aromatic carbocycles. The van der Waals surface area contributed by atoms with E-state index in [1.54, 1.807) is 37.9 Å². The fourth-order valence-electron chi connectivity index (χ4n) is 4.65. The van der Waals surface area contributed by atoms with Gasteiger partial charge in [0.2, 0.25) is 5.91 Å². The van der Waals surface area contributed by atoms with Crippen molar-refractivity contribution in [2.24, 2.45) is 0 Å². The molecule has 11 heteroatoms. The minimum atomic E-state index is -0.758. The number of rotatable bonds is 4. The lowest BCUT2D eigenvalue weighted by Gasteiger charge is -2.35. The molecule has 4 heterocycles. The van der Waals surface area contributed by atoms with E-state index >= 15 is 0 Å². The third-order valence-corrected chi connectivity index (χ3v) is 6.43. The Morgan fingerprint density at radius 1 is 1.11 bits per heavy atom. The van der Waals surface area contributed by atoms with E-state index in [1.807, 2.05) is 13.0 Å². The van der Waals surface area contributed by atoms with Crippen LogP contribution in [0.5, 0.6) is 0 Å². The smallest absolute Gasteiger partial charge is 0.413 e. The maximum absolute atomic E-state index is 13.3. The average molecular weight is 523 g/mol. The van der Waals surface area contributed by atoms with Crippen LogP contribution in [0.2, 0.25) is 0 Å². The molecule has 2 aliphatic heterocycles. The SMILES string of the molecule is CCc1cc(NC(=O)C(=O)N2CCCC[C@H]2c2cnc3c(c2)CCC(=O)N3)cnc1NC(=O)OC(C)(C)C. The summed E-state index contributed by atoms with van der Waals surface area (Å²) in [5, 5.41) is 8.06. The number of hydrogen-bond donors (Lipinski definition) is 3. The van der Waals surface area contributed by atoms with Gasteiger partial charge in [-0.3, -0.25) is 19.7 Å². The van der Waals surface area contributed by atoms with E-state index in [4.69, 9.17) is 4.74 Å². The Labute approximate surface area is 221 Å². The van der Waals surface area contributed by atoms with Crippen LogP contribution in [0.1, 0.15) is 76.1 Å². The third kappa shape index (κ3) is 6.45. The minimum absolute atomic E-state index is 0.0572. The van der Waals surface area contributed by atoms with E-state index in [-0.39, 0.29) is 11.9 Å². The molecular formula is C27H34N6O5. The zero-order chi connectivity index (χ0) is 27.4. The Balaban J connectivity index is 1.46. The second-order valence-electron chi connectivity index (χ2n) is 10.5. The van der Waals surface area contributed by atoms with Crippen LogP contribution in [0.4, 0.5) is 22.1 Å². The van der Waals surface area contributed by atoms with Crippen molar-refractivity contribution < 1.29 is 23.9 Å². The molecule has 3 N–H and O–H groups in total. The highest BCUT2D eigenvalue weighted by Crippen LogP contribution is 2.33. The van der Waals surface area contributed by atoms with Crippen LogP contribution in [-0.4, -0.2) is 50.8 Å². The maximum atomic E-state index is 13.3. The van der Waals surface area contributed by atoms with Gasteiger partial charge in [0.05, 0.1) is 17.9 Å². The number of aryl methyl sites for hydroxylation is 2. The van der Waals surface area contributed by atoms with Gasteiger partial charge < -0.3 is 20.3 Å². The highest BCUT2D eigenvalue weighted by molar-refractivity contribution is 6.39. The number of pyridine rings is 2. The Hall–Kier alpha value is -4.02. The number of nitrogens with zero attached hydrogens (tertiary/aromatic N) is 3. The second kappa shape index (κ2) is 11.2. The van der Waals surface area contributed by atoms with Crippen LogP contribution in [0.15, 0.2) is 24.5 Å². The molecule has 0 saturated carbocycles. The molecule has 1 saturated heterocycles. The molecule has 0 unspecified atom stereocenters. The van der Waals surface area contributed by atoms with E-state index < -0.39 is 23.5 Å². The maximum Gasteiger partial charge on any atom is 0.413 e. The Morgan fingerprint density at radius 3 is 2.63 bits per heavy atom. The first-order chi connectivity index (χ1) is 18.0. The van der Waals surface area contributed by atoms with Gasteiger partial charge in [-0.05, 0) is 81.7 Å². The second-order valence-corrected chi connectivity index (χ2v) is 10.5. The average Bonchev–Trinajstić information content (AvgIpc) is 2.87. The van der Waals surface area contributed by atoms with Crippen LogP contribution < -0.4 is 16.0 Å². The fourth-order valence-corrected chi connectivity index (χ4v) is 4.65. The Morgan fingerprint density at radius 2 is 1.89 bits per heavy atom. The number of hydrogen-bond acceptors (Lipinski definition) is 7. The van der Waals surface area contributed by atoms with Crippen molar-refractivity contribution in [2.75, 3.05) is 22.5 Å². The minimum Gasteiger partial charge on any atom is -0.444 e. The molecule has 0 aliphatic carbocycles. The van der Waals surface area contributed by atoms with Crippen LogP contribution in [-0.2, 0) is 32.0 Å². The molecule has 4 amide bonds. The number of fused-ring (bicyclic) bond motifs is 1. The van der Waals surface area contributed by atoms with Crippen LogP contribution in [0, 0.1) is 0 Å². The van der Waals surface area contributed by atoms with Gasteiger partial charge in [-0.1, -0.05) is 6.92 Å². The summed E-state index contributed by atoms with van der Waals surface area (Å²) in [7, 11) is 0. The topological polar surface area (TPSA) is 143 Å². The van der Waals surface area contributed by atoms with E-state index in [9.17, 15) is 19.2 Å². The monoisotopic (exact) mass is 522 g/mol. The molecule has 38 heavy (non-hydrogen) atoms. The molecule has 2 aromatic heterocycles. The summed E-state index contributed by atoms with van der Waals surface area (Å²) < 4.78 is 5.28. The zero-order valence-electron chi connectivity index (χ0n) is 22.2. The van der Waals surface area contributed by atoms with E-state index in [2.05, 4.69) is 25.9 Å². The lowest BCUT2D eigenvalue weighted by Crippen LogP contribution is -2.44. The molecule has 0 spiro atoms. The number of aromatic nitrogens is 2. The van der Waals surface area contributed by atoms with Crippen molar-refractivity contribution >= 4 is 41.1 Å². The fraction of sp³-hybridized carbons (Fsp3) is 0.481. The van der Waals surface area contributed by atoms with Crippen LogP contribution in [0.25, 0.3) is 0 Å². The molecule has 2 aromatic rings. The predicted octanol–water partition coefficient (Wildman–Crippen LogP) is 3.96. The van der Waals surface area contributed by atoms with Crippen molar-refractivity contribution in [2.45, 2.75) is 77.9 Å². The predicted molar refractivity (Wildman–Crippen MR) is 142 cm³/mol. The lowest BCUT2D eigenvalue weighted by atomic mass is 9.94. The summed E-state index contributed by atoms with van der Waals surface area (Å²) >= 11 is 0. The molecular weight excluding hydrogens is 488 g/mol. The van der Waals surface area contributed by atoms with Crippen molar-refractivity contribution in [3.8, 4) is 0 Å². The molecule has 0 bridgehead atoms. The quantitative estimate of drug-likeness (QED) is 0.516. The number of likely N-dealkylation sites (tertiary alicyclic amines) is 1. The highest BCUT2D eigenvalue weighted by atomic mass is 16.6. The molecule has 4 rings (SSSR count). The zero-order valence-corrected chi connectivity index (χ0v) is 22.2. The number of nitrogens with one attached hydrogen (secondary N) is 3. The number of ether oxygens (including phenoxy) is 1. The first-order valence-electron chi connectivity index (χ1n) is 12.9. The van der Waals surface area contributed by atoms with E-state index in [0.29, 0.717) is 48.7 Å². The van der Waals surface area contributed by atoms with Gasteiger partial charge in [0.1, 0.15) is 17.2 Å². The normalized spacial score (nSPS) is 17.2. The standard InChI is InChI=1S/C27H34N6O5/c1-5-16-13-19(15-29-22(16)32-26(37)38-27(2,3)4)30-24(35)25(36)33-11-7-6-8-20(33)18-12-17-9-10-21(34)31-23(17)28-14-18/h12-15,20H,5-11H2,1-4H3,(H,30,35)(H,28,31,34)(H,29,32,37)/t20-/m0/s1. The Bertz CT molecular complexity index is 1260. The molecule has 2 aliphatic rings. The molecule has 11 nitrogen and oxygen atoms in total. The van der Waals surface area contributed by atoms with E-state index in [1.165, 1.54) is 6.20 Å². The Kier molecular flexibility index (Phi) is 7.94. The molecule has 202 valence electrons. The summed E-state index contributed by atoms with van der Waals surface area (Å²) in [5.74, 6) is -0.557. The summed E-state index contributed by atoms with van der Waals surface area (Å²) in [6.45, 7) is 7.66. The van der Waals surface area contributed by atoms with Gasteiger partial charge in [0.25, 0.3) is 0 Å². The van der Waals surface area contributed by atoms with Crippen LogP contribution in [0.3, 0.4) is 0 Å². The van der Waals surface area contributed by atoms with Crippen molar-refractivity contribution in [1.29, 1.82) is 0 Å². The van der Waals surface area contributed by atoms with Crippen molar-refractivity contribution in [3.63, 3.8) is 0 Å². The number of anilines is 3. The number of piperidine rings is 1.